The molecule has 2 aromatic carbocycles. The smallest absolute Gasteiger partial charge is 0.224 e. The van der Waals surface area contributed by atoms with Crippen molar-refractivity contribution >= 4 is 23.2 Å². The van der Waals surface area contributed by atoms with Crippen molar-refractivity contribution in [1.29, 1.82) is 0 Å². The summed E-state index contributed by atoms with van der Waals surface area (Å²) in [6.45, 7) is 2.08. The van der Waals surface area contributed by atoms with Gasteiger partial charge in [0.05, 0.1) is 6.61 Å². The van der Waals surface area contributed by atoms with E-state index in [-0.39, 0.29) is 24.0 Å². The normalized spacial score (nSPS) is 26.0. The minimum Gasteiger partial charge on any atom is -0.487 e. The second-order valence-electron chi connectivity index (χ2n) is 8.10. The van der Waals surface area contributed by atoms with Crippen LogP contribution >= 0.6 is 11.6 Å². The number of amides is 1. The first-order valence-corrected chi connectivity index (χ1v) is 10.3. The average Bonchev–Trinajstić information content (AvgIpc) is 3.00. The number of fused-ring (bicyclic) bond motifs is 2. The lowest BCUT2D eigenvalue weighted by Gasteiger charge is -2.40. The molecule has 1 heterocycles. The molecular weight excluding hydrogens is 374 g/mol. The Balaban J connectivity index is 1.41. The number of aliphatic hydroxyl groups is 1. The van der Waals surface area contributed by atoms with Crippen molar-refractivity contribution in [2.24, 2.45) is 5.92 Å². The van der Waals surface area contributed by atoms with Gasteiger partial charge in [-0.25, -0.2) is 0 Å². The van der Waals surface area contributed by atoms with E-state index in [4.69, 9.17) is 16.3 Å². The Morgan fingerprint density at radius 1 is 1.21 bits per heavy atom. The van der Waals surface area contributed by atoms with E-state index in [1.807, 2.05) is 12.1 Å². The van der Waals surface area contributed by atoms with E-state index in [1.165, 1.54) is 5.56 Å². The molecule has 0 radical (unpaired) electrons. The molecule has 1 aliphatic heterocycles. The highest BCUT2D eigenvalue weighted by atomic mass is 35.5. The van der Waals surface area contributed by atoms with Crippen LogP contribution in [0.25, 0.3) is 0 Å². The third-order valence-electron chi connectivity index (χ3n) is 6.39. The van der Waals surface area contributed by atoms with Gasteiger partial charge in [0.15, 0.2) is 0 Å². The summed E-state index contributed by atoms with van der Waals surface area (Å²) in [5.74, 6) is 1.34. The Kier molecular flexibility index (Phi) is 5.35. The first kappa shape index (κ1) is 19.3. The summed E-state index contributed by atoms with van der Waals surface area (Å²) in [5, 5.41) is 13.6. The summed E-state index contributed by atoms with van der Waals surface area (Å²) in [4.78, 5) is 12.4. The molecule has 5 heteroatoms. The molecular formula is C23H26ClNO3. The van der Waals surface area contributed by atoms with Crippen LogP contribution in [0.2, 0.25) is 5.02 Å². The van der Waals surface area contributed by atoms with Crippen molar-refractivity contribution in [2.75, 3.05) is 11.9 Å². The van der Waals surface area contributed by atoms with Crippen molar-refractivity contribution in [3.8, 4) is 5.75 Å². The number of carbonyl (C=O) groups excluding carboxylic acids is 1. The van der Waals surface area contributed by atoms with E-state index in [2.05, 4.69) is 30.4 Å². The Hall–Kier alpha value is -2.04. The summed E-state index contributed by atoms with van der Waals surface area (Å²) in [5.41, 5.74) is 3.00. The van der Waals surface area contributed by atoms with Crippen LogP contribution in [0.4, 0.5) is 5.69 Å². The van der Waals surface area contributed by atoms with E-state index in [0.717, 1.165) is 42.7 Å². The topological polar surface area (TPSA) is 58.6 Å². The second-order valence-corrected chi connectivity index (χ2v) is 8.54. The highest BCUT2D eigenvalue weighted by Crippen LogP contribution is 2.53. The number of rotatable bonds is 4. The molecule has 0 bridgehead atoms. The zero-order valence-electron chi connectivity index (χ0n) is 16.1. The van der Waals surface area contributed by atoms with Crippen LogP contribution in [0.15, 0.2) is 42.5 Å². The van der Waals surface area contributed by atoms with Crippen molar-refractivity contribution in [3.05, 3.63) is 58.6 Å². The first-order valence-electron chi connectivity index (χ1n) is 9.95. The largest absolute Gasteiger partial charge is 0.487 e. The molecule has 28 heavy (non-hydrogen) atoms. The fourth-order valence-electron chi connectivity index (χ4n) is 4.84. The standard InChI is InChI=1S/C23H26ClNO3/c1-15-3-2-4-19-22(15)28-20(14-26)23(19)11-9-16(10-12-23)13-21(27)25-18-7-5-17(24)6-8-18/h2-8,16,20,26H,9-14H2,1H3,(H,25,27)/t16-,20?,23-. The SMILES string of the molecule is Cc1cccc2c1OC(CO)[C@]21CC[C@H](CC(=O)Nc2ccc(Cl)cc2)CC1. The monoisotopic (exact) mass is 399 g/mol. The lowest BCUT2D eigenvalue weighted by molar-refractivity contribution is -0.117. The van der Waals surface area contributed by atoms with Gasteiger partial charge in [-0.15, -0.1) is 0 Å². The molecule has 0 aromatic heterocycles. The number of carbonyl (C=O) groups is 1. The van der Waals surface area contributed by atoms with Crippen LogP contribution < -0.4 is 10.1 Å². The van der Waals surface area contributed by atoms with Gasteiger partial charge in [0.1, 0.15) is 11.9 Å². The molecule has 1 amide bonds. The van der Waals surface area contributed by atoms with Gasteiger partial charge in [-0.3, -0.25) is 4.79 Å². The molecule has 1 fully saturated rings. The second kappa shape index (κ2) is 7.76. The van der Waals surface area contributed by atoms with Crippen LogP contribution in [-0.2, 0) is 10.2 Å². The van der Waals surface area contributed by atoms with Gasteiger partial charge in [-0.05, 0) is 68.4 Å². The van der Waals surface area contributed by atoms with Crippen molar-refractivity contribution in [2.45, 2.75) is 50.5 Å². The summed E-state index contributed by atoms with van der Waals surface area (Å²) >= 11 is 5.89. The van der Waals surface area contributed by atoms with E-state index in [9.17, 15) is 9.90 Å². The molecule has 2 aromatic rings. The molecule has 1 spiro atoms. The maximum Gasteiger partial charge on any atom is 0.224 e. The molecule has 4 nitrogen and oxygen atoms in total. The van der Waals surface area contributed by atoms with Gasteiger partial charge in [0, 0.05) is 28.1 Å². The Bertz CT molecular complexity index is 857. The van der Waals surface area contributed by atoms with E-state index in [1.54, 1.807) is 12.1 Å². The van der Waals surface area contributed by atoms with Crippen molar-refractivity contribution in [3.63, 3.8) is 0 Å². The molecule has 1 saturated carbocycles. The average molecular weight is 400 g/mol. The highest BCUT2D eigenvalue weighted by molar-refractivity contribution is 6.30. The highest BCUT2D eigenvalue weighted by Gasteiger charge is 2.50. The van der Waals surface area contributed by atoms with Crippen LogP contribution in [0.1, 0.15) is 43.2 Å². The molecule has 2 N–H and O–H groups in total. The summed E-state index contributed by atoms with van der Waals surface area (Å²) in [6.07, 6.45) is 4.13. The van der Waals surface area contributed by atoms with E-state index >= 15 is 0 Å². The Morgan fingerprint density at radius 3 is 2.61 bits per heavy atom. The van der Waals surface area contributed by atoms with E-state index in [0.29, 0.717) is 17.4 Å². The molecule has 2 aliphatic rings. The van der Waals surface area contributed by atoms with Gasteiger partial charge in [0.25, 0.3) is 0 Å². The van der Waals surface area contributed by atoms with Crippen LogP contribution in [0.5, 0.6) is 5.75 Å². The number of para-hydroxylation sites is 1. The minimum absolute atomic E-state index is 0.0237. The lowest BCUT2D eigenvalue weighted by atomic mass is 9.64. The van der Waals surface area contributed by atoms with Crippen molar-refractivity contribution < 1.29 is 14.6 Å². The third-order valence-corrected chi connectivity index (χ3v) is 6.64. The summed E-state index contributed by atoms with van der Waals surface area (Å²) in [7, 11) is 0. The van der Waals surface area contributed by atoms with E-state index < -0.39 is 0 Å². The van der Waals surface area contributed by atoms with Crippen LogP contribution in [0, 0.1) is 12.8 Å². The number of ether oxygens (including phenoxy) is 1. The van der Waals surface area contributed by atoms with Crippen LogP contribution in [0.3, 0.4) is 0 Å². The number of halogens is 1. The number of nitrogens with one attached hydrogen (secondary N) is 1. The number of aryl methyl sites for hydroxylation is 1. The van der Waals surface area contributed by atoms with Gasteiger partial charge < -0.3 is 15.2 Å². The molecule has 0 saturated heterocycles. The Labute approximate surface area is 170 Å². The first-order chi connectivity index (χ1) is 13.5. The van der Waals surface area contributed by atoms with Gasteiger partial charge >= 0.3 is 0 Å². The molecule has 1 aliphatic carbocycles. The van der Waals surface area contributed by atoms with Crippen LogP contribution in [-0.4, -0.2) is 23.7 Å². The predicted molar refractivity (Wildman–Crippen MR) is 111 cm³/mol. The zero-order valence-corrected chi connectivity index (χ0v) is 16.8. The summed E-state index contributed by atoms with van der Waals surface area (Å²) in [6, 6.07) is 13.5. The molecule has 1 atom stereocenters. The minimum atomic E-state index is -0.188. The number of hydrogen-bond donors (Lipinski definition) is 2. The zero-order chi connectivity index (χ0) is 19.7. The van der Waals surface area contributed by atoms with Gasteiger partial charge in [-0.1, -0.05) is 29.8 Å². The third kappa shape index (κ3) is 3.51. The van der Waals surface area contributed by atoms with Gasteiger partial charge in [0.2, 0.25) is 5.91 Å². The molecule has 4 rings (SSSR count). The number of hydrogen-bond acceptors (Lipinski definition) is 3. The Morgan fingerprint density at radius 2 is 1.93 bits per heavy atom. The fraction of sp³-hybridized carbons (Fsp3) is 0.435. The molecule has 1 unspecified atom stereocenters. The number of anilines is 1. The molecule has 148 valence electrons. The maximum absolute atomic E-state index is 12.4. The quantitative estimate of drug-likeness (QED) is 0.771. The number of benzene rings is 2. The lowest BCUT2D eigenvalue weighted by Crippen LogP contribution is -2.43. The number of aliphatic hydroxyl groups excluding tert-OH is 1. The predicted octanol–water partition coefficient (Wildman–Crippen LogP) is 4.86. The fourth-order valence-corrected chi connectivity index (χ4v) is 4.96. The van der Waals surface area contributed by atoms with Gasteiger partial charge in [-0.2, -0.15) is 0 Å². The summed E-state index contributed by atoms with van der Waals surface area (Å²) < 4.78 is 6.15. The van der Waals surface area contributed by atoms with Crippen molar-refractivity contribution in [1.82, 2.24) is 0 Å². The maximum atomic E-state index is 12.4.